The molecule has 2 aliphatic heterocycles. The molecule has 1 aliphatic carbocycles. The molecule has 0 aromatic heterocycles. The number of methoxy groups -OCH3 is 2. The molecule has 4 atom stereocenters. The Morgan fingerprint density at radius 1 is 1.10 bits per heavy atom. The number of hydrogen-bond acceptors (Lipinski definition) is 9. The number of nitrogens with one attached hydrogen (secondary N) is 2. The summed E-state index contributed by atoms with van der Waals surface area (Å²) in [6, 6.07) is 4.18. The van der Waals surface area contributed by atoms with E-state index in [1.807, 2.05) is 4.90 Å². The average Bonchev–Trinajstić information content (AvgIpc) is 3.70. The SMILES string of the molecule is COc1ccc(CC(NC(=O)[C@H](C)NC(=O)CN2CCOCC2)(C(N)=O)[C@H](CC2CCCC2)C(=O)[C@H]2CO2)cc1OC. The second kappa shape index (κ2) is 14.3. The lowest BCUT2D eigenvalue weighted by Crippen LogP contribution is -2.67. The van der Waals surface area contributed by atoms with Crippen LogP contribution in [0.4, 0.5) is 0 Å². The zero-order chi connectivity index (χ0) is 30.3. The van der Waals surface area contributed by atoms with Crippen molar-refractivity contribution in [1.29, 1.82) is 0 Å². The second-order valence-corrected chi connectivity index (χ2v) is 11.5. The lowest BCUT2D eigenvalue weighted by atomic mass is 9.71. The van der Waals surface area contributed by atoms with Gasteiger partial charge < -0.3 is 35.3 Å². The van der Waals surface area contributed by atoms with E-state index >= 15 is 0 Å². The quantitative estimate of drug-likeness (QED) is 0.249. The first-order valence-corrected chi connectivity index (χ1v) is 14.7. The van der Waals surface area contributed by atoms with Crippen LogP contribution in [0.1, 0.15) is 44.6 Å². The van der Waals surface area contributed by atoms with Crippen molar-refractivity contribution in [1.82, 2.24) is 15.5 Å². The largest absolute Gasteiger partial charge is 0.493 e. The Morgan fingerprint density at radius 2 is 1.76 bits per heavy atom. The van der Waals surface area contributed by atoms with Crippen LogP contribution in [0.2, 0.25) is 0 Å². The Labute approximate surface area is 246 Å². The van der Waals surface area contributed by atoms with Gasteiger partial charge in [0, 0.05) is 19.5 Å². The van der Waals surface area contributed by atoms with Crippen LogP contribution < -0.4 is 25.8 Å². The highest BCUT2D eigenvalue weighted by Gasteiger charge is 2.53. The maximum absolute atomic E-state index is 13.8. The molecule has 0 radical (unpaired) electrons. The molecule has 232 valence electrons. The van der Waals surface area contributed by atoms with E-state index < -0.39 is 35.4 Å². The number of Topliss-reactive ketones (excluding diaryl/α,β-unsaturated/α-hetero) is 1. The third-order valence-electron chi connectivity index (χ3n) is 8.59. The summed E-state index contributed by atoms with van der Waals surface area (Å²) < 4.78 is 21.5. The van der Waals surface area contributed by atoms with Gasteiger partial charge in [-0.25, -0.2) is 0 Å². The molecule has 12 nitrogen and oxygen atoms in total. The van der Waals surface area contributed by atoms with Gasteiger partial charge in [0.2, 0.25) is 17.7 Å². The number of nitrogens with zero attached hydrogens (tertiary/aromatic N) is 1. The summed E-state index contributed by atoms with van der Waals surface area (Å²) in [6.45, 7) is 4.27. The first-order chi connectivity index (χ1) is 20.2. The van der Waals surface area contributed by atoms with Crippen molar-refractivity contribution in [3.63, 3.8) is 0 Å². The van der Waals surface area contributed by atoms with Crippen LogP contribution in [0.25, 0.3) is 0 Å². The smallest absolute Gasteiger partial charge is 0.244 e. The van der Waals surface area contributed by atoms with Gasteiger partial charge in [-0.05, 0) is 37.0 Å². The van der Waals surface area contributed by atoms with Gasteiger partial charge in [0.25, 0.3) is 0 Å². The Bertz CT molecular complexity index is 1130. The topological polar surface area (TPSA) is 162 Å². The molecule has 1 aromatic rings. The zero-order valence-electron chi connectivity index (χ0n) is 24.8. The summed E-state index contributed by atoms with van der Waals surface area (Å²) >= 11 is 0. The highest BCUT2D eigenvalue weighted by molar-refractivity contribution is 6.00. The van der Waals surface area contributed by atoms with Crippen molar-refractivity contribution in [2.75, 3.05) is 53.7 Å². The molecule has 0 bridgehead atoms. The van der Waals surface area contributed by atoms with Crippen LogP contribution in [0, 0.1) is 11.8 Å². The minimum absolute atomic E-state index is 0.0568. The van der Waals surface area contributed by atoms with E-state index in [0.29, 0.717) is 49.8 Å². The Hall–Kier alpha value is -3.22. The second-order valence-electron chi connectivity index (χ2n) is 11.5. The molecule has 12 heteroatoms. The van der Waals surface area contributed by atoms with E-state index in [4.69, 9.17) is 24.7 Å². The molecular formula is C30H44N4O8. The molecule has 3 aliphatic rings. The predicted octanol–water partition coefficient (Wildman–Crippen LogP) is 0.588. The molecule has 2 heterocycles. The van der Waals surface area contributed by atoms with Crippen LogP contribution in [0.15, 0.2) is 18.2 Å². The number of ether oxygens (including phenoxy) is 4. The van der Waals surface area contributed by atoms with E-state index in [1.54, 1.807) is 25.1 Å². The maximum Gasteiger partial charge on any atom is 0.244 e. The summed E-state index contributed by atoms with van der Waals surface area (Å²) in [4.78, 5) is 55.8. The first kappa shape index (κ1) is 31.7. The van der Waals surface area contributed by atoms with E-state index in [0.717, 1.165) is 25.7 Å². The zero-order valence-corrected chi connectivity index (χ0v) is 24.8. The third kappa shape index (κ3) is 7.78. The summed E-state index contributed by atoms with van der Waals surface area (Å²) in [5.41, 5.74) is 4.99. The number of rotatable bonds is 15. The molecule has 42 heavy (non-hydrogen) atoms. The summed E-state index contributed by atoms with van der Waals surface area (Å²) in [6.07, 6.45) is 3.66. The number of benzene rings is 1. The van der Waals surface area contributed by atoms with Crippen LogP contribution in [0.5, 0.6) is 11.5 Å². The maximum atomic E-state index is 13.8. The van der Waals surface area contributed by atoms with Gasteiger partial charge >= 0.3 is 0 Å². The Morgan fingerprint density at radius 3 is 2.36 bits per heavy atom. The Balaban J connectivity index is 1.64. The fourth-order valence-electron chi connectivity index (χ4n) is 6.11. The molecular weight excluding hydrogens is 544 g/mol. The van der Waals surface area contributed by atoms with Crippen LogP contribution in [-0.4, -0.2) is 99.8 Å². The normalized spacial score (nSPS) is 21.9. The number of amides is 3. The fourth-order valence-corrected chi connectivity index (χ4v) is 6.11. The molecule has 4 N–H and O–H groups in total. The van der Waals surface area contributed by atoms with Crippen LogP contribution in [0.3, 0.4) is 0 Å². The van der Waals surface area contributed by atoms with Crippen LogP contribution >= 0.6 is 0 Å². The van der Waals surface area contributed by atoms with Gasteiger partial charge in [-0.3, -0.25) is 24.1 Å². The fraction of sp³-hybridized carbons (Fsp3) is 0.667. The van der Waals surface area contributed by atoms with Crippen molar-refractivity contribution in [3.8, 4) is 11.5 Å². The van der Waals surface area contributed by atoms with Crippen molar-refractivity contribution in [3.05, 3.63) is 23.8 Å². The summed E-state index contributed by atoms with van der Waals surface area (Å²) in [7, 11) is 3.02. The summed E-state index contributed by atoms with van der Waals surface area (Å²) in [5, 5.41) is 5.61. The number of morpholine rings is 1. The van der Waals surface area contributed by atoms with Gasteiger partial charge in [0.15, 0.2) is 17.3 Å². The molecule has 1 unspecified atom stereocenters. The van der Waals surface area contributed by atoms with Crippen molar-refractivity contribution in [2.24, 2.45) is 17.6 Å². The molecule has 0 spiro atoms. The van der Waals surface area contributed by atoms with Crippen LogP contribution in [-0.2, 0) is 35.1 Å². The number of carbonyl (C=O) groups excluding carboxylic acids is 4. The minimum atomic E-state index is -1.77. The molecule has 3 amide bonds. The first-order valence-electron chi connectivity index (χ1n) is 14.7. The number of carbonyl (C=O) groups is 4. The van der Waals surface area contributed by atoms with E-state index in [2.05, 4.69) is 10.6 Å². The number of ketones is 1. The van der Waals surface area contributed by atoms with Gasteiger partial charge in [0.1, 0.15) is 17.7 Å². The highest BCUT2D eigenvalue weighted by Crippen LogP contribution is 2.39. The van der Waals surface area contributed by atoms with Gasteiger partial charge in [-0.15, -0.1) is 0 Å². The number of hydrogen-bond donors (Lipinski definition) is 3. The predicted molar refractivity (Wildman–Crippen MR) is 153 cm³/mol. The number of primary amides is 1. The third-order valence-corrected chi connectivity index (χ3v) is 8.59. The lowest BCUT2D eigenvalue weighted by Gasteiger charge is -2.40. The van der Waals surface area contributed by atoms with E-state index in [9.17, 15) is 19.2 Å². The van der Waals surface area contributed by atoms with Gasteiger partial charge in [-0.1, -0.05) is 31.7 Å². The minimum Gasteiger partial charge on any atom is -0.493 e. The lowest BCUT2D eigenvalue weighted by molar-refractivity contribution is -0.141. The summed E-state index contributed by atoms with van der Waals surface area (Å²) in [5.74, 6) is -1.77. The average molecular weight is 589 g/mol. The van der Waals surface area contributed by atoms with E-state index in [-0.39, 0.29) is 37.2 Å². The van der Waals surface area contributed by atoms with Gasteiger partial charge in [-0.2, -0.15) is 0 Å². The van der Waals surface area contributed by atoms with Crippen molar-refractivity contribution in [2.45, 2.75) is 63.1 Å². The van der Waals surface area contributed by atoms with Crippen molar-refractivity contribution >= 4 is 23.5 Å². The molecule has 1 saturated carbocycles. The monoisotopic (exact) mass is 588 g/mol. The van der Waals surface area contributed by atoms with Crippen molar-refractivity contribution < 1.29 is 38.1 Å². The molecule has 3 fully saturated rings. The highest BCUT2D eigenvalue weighted by atomic mass is 16.6. The standard InChI is InChI=1S/C30H44N4O8/c1-19(32-26(35)17-34-10-12-41-13-11-34)28(37)33-30(29(31)38,16-21-8-9-23(39-2)24(15-21)40-3)22(27(36)25-18-42-25)14-20-6-4-5-7-20/h8-9,15,19-20,22,25H,4-7,10-14,16-18H2,1-3H3,(H2,31,38)(H,32,35)(H,33,37)/t19-,22+,25+,30?/m0/s1. The molecule has 1 aromatic carbocycles. The Kier molecular flexibility index (Phi) is 10.8. The number of epoxide rings is 1. The van der Waals surface area contributed by atoms with E-state index in [1.165, 1.54) is 14.2 Å². The van der Waals surface area contributed by atoms with Gasteiger partial charge in [0.05, 0.1) is 46.5 Å². The molecule has 2 saturated heterocycles. The molecule has 4 rings (SSSR count). The number of nitrogens with two attached hydrogens (primary N) is 1.